The number of allylic oxidation sites excluding steroid dienone is 1. The predicted molar refractivity (Wildman–Crippen MR) is 53.6 cm³/mol. The van der Waals surface area contributed by atoms with Crippen molar-refractivity contribution >= 4 is 13.6 Å². The van der Waals surface area contributed by atoms with E-state index in [1.807, 2.05) is 0 Å². The molecule has 0 aliphatic heterocycles. The van der Waals surface area contributed by atoms with Crippen LogP contribution in [0.1, 0.15) is 10.4 Å². The Balaban J connectivity index is 2.98. The summed E-state index contributed by atoms with van der Waals surface area (Å²) < 4.78 is 14.8. The Bertz CT molecular complexity index is 434. The molecule has 0 spiro atoms. The van der Waals surface area contributed by atoms with Crippen molar-refractivity contribution in [2.24, 2.45) is 0 Å². The fourth-order valence-corrected chi connectivity index (χ4v) is 1.35. The molecule has 0 saturated carbocycles. The lowest BCUT2D eigenvalue weighted by molar-refractivity contribution is 0.104. The first kappa shape index (κ1) is 11.7. The highest BCUT2D eigenvalue weighted by Gasteiger charge is 2.16. The molecule has 0 amide bonds. The Morgan fingerprint density at radius 3 is 2.67 bits per heavy atom. The van der Waals surface area contributed by atoms with E-state index in [-0.39, 0.29) is 17.1 Å². The highest BCUT2D eigenvalue weighted by atomic mass is 31.2. The Morgan fingerprint density at radius 2 is 2.13 bits per heavy atom. The van der Waals surface area contributed by atoms with Crippen molar-refractivity contribution in [3.63, 3.8) is 0 Å². The van der Waals surface area contributed by atoms with E-state index in [4.69, 9.17) is 9.79 Å². The summed E-state index contributed by atoms with van der Waals surface area (Å²) >= 11 is 0. The normalized spacial score (nSPS) is 10.8. The van der Waals surface area contributed by atoms with Gasteiger partial charge < -0.3 is 4.52 Å². The minimum Gasteiger partial charge on any atom is -0.404 e. The summed E-state index contributed by atoms with van der Waals surface area (Å²) in [6, 6.07) is 5.54. The number of rotatable bonds is 4. The van der Waals surface area contributed by atoms with Gasteiger partial charge in [-0.15, -0.1) is 0 Å². The van der Waals surface area contributed by atoms with Gasteiger partial charge in [0.05, 0.1) is 0 Å². The lowest BCUT2D eigenvalue weighted by atomic mass is 10.1. The third kappa shape index (κ3) is 3.67. The van der Waals surface area contributed by atoms with Gasteiger partial charge in [0.15, 0.2) is 5.78 Å². The zero-order valence-corrected chi connectivity index (χ0v) is 8.55. The van der Waals surface area contributed by atoms with Crippen molar-refractivity contribution in [1.29, 1.82) is 0 Å². The van der Waals surface area contributed by atoms with E-state index in [1.165, 1.54) is 24.3 Å². The SMILES string of the molecule is C=CC(=O)c1cccc(OP(=O)(O)O)c1. The van der Waals surface area contributed by atoms with Gasteiger partial charge in [0.2, 0.25) is 0 Å². The van der Waals surface area contributed by atoms with Gasteiger partial charge in [-0.1, -0.05) is 18.7 Å². The molecule has 5 nitrogen and oxygen atoms in total. The van der Waals surface area contributed by atoms with Crippen molar-refractivity contribution in [1.82, 2.24) is 0 Å². The Labute approximate surface area is 86.2 Å². The molecule has 0 aliphatic rings. The van der Waals surface area contributed by atoms with Crippen LogP contribution in [0.4, 0.5) is 0 Å². The molecule has 0 aromatic heterocycles. The van der Waals surface area contributed by atoms with Crippen molar-refractivity contribution in [3.8, 4) is 5.75 Å². The Hall–Kier alpha value is -1.42. The van der Waals surface area contributed by atoms with Crippen LogP contribution < -0.4 is 4.52 Å². The molecule has 0 saturated heterocycles. The molecule has 0 radical (unpaired) electrons. The van der Waals surface area contributed by atoms with Crippen molar-refractivity contribution in [2.75, 3.05) is 0 Å². The maximum absolute atomic E-state index is 11.2. The van der Waals surface area contributed by atoms with Gasteiger partial charge in [0.25, 0.3) is 0 Å². The van der Waals surface area contributed by atoms with Gasteiger partial charge >= 0.3 is 7.82 Å². The van der Waals surface area contributed by atoms with E-state index in [0.29, 0.717) is 0 Å². The van der Waals surface area contributed by atoms with Crippen LogP contribution in [0, 0.1) is 0 Å². The number of benzene rings is 1. The molecule has 2 N–H and O–H groups in total. The molecular formula is C9H9O5P. The Morgan fingerprint density at radius 1 is 1.47 bits per heavy atom. The molecular weight excluding hydrogens is 219 g/mol. The highest BCUT2D eigenvalue weighted by Crippen LogP contribution is 2.37. The summed E-state index contributed by atoms with van der Waals surface area (Å²) in [4.78, 5) is 28.2. The van der Waals surface area contributed by atoms with Crippen LogP contribution in [0.3, 0.4) is 0 Å². The first-order valence-electron chi connectivity index (χ1n) is 3.94. The summed E-state index contributed by atoms with van der Waals surface area (Å²) in [5.41, 5.74) is 0.260. The molecule has 1 rings (SSSR count). The van der Waals surface area contributed by atoms with E-state index in [1.54, 1.807) is 0 Å². The van der Waals surface area contributed by atoms with E-state index in [0.717, 1.165) is 6.08 Å². The summed E-state index contributed by atoms with van der Waals surface area (Å²) in [5, 5.41) is 0. The second kappa shape index (κ2) is 4.40. The molecule has 6 heteroatoms. The molecule has 0 atom stereocenters. The zero-order valence-electron chi connectivity index (χ0n) is 7.66. The fourth-order valence-electron chi connectivity index (χ4n) is 0.961. The van der Waals surface area contributed by atoms with E-state index in [9.17, 15) is 9.36 Å². The fraction of sp³-hybridized carbons (Fsp3) is 0. The molecule has 1 aromatic rings. The van der Waals surface area contributed by atoms with Gasteiger partial charge in [-0.05, 0) is 18.2 Å². The van der Waals surface area contributed by atoms with Crippen LogP contribution in [0.25, 0.3) is 0 Å². The topological polar surface area (TPSA) is 83.8 Å². The van der Waals surface area contributed by atoms with Gasteiger partial charge in [-0.2, -0.15) is 0 Å². The quantitative estimate of drug-likeness (QED) is 0.463. The molecule has 0 aliphatic carbocycles. The molecule has 0 fully saturated rings. The number of phosphoric ester groups is 1. The van der Waals surface area contributed by atoms with Crippen LogP contribution in [-0.2, 0) is 4.57 Å². The third-order valence-corrected chi connectivity index (χ3v) is 1.98. The van der Waals surface area contributed by atoms with Crippen LogP contribution in [0.2, 0.25) is 0 Å². The van der Waals surface area contributed by atoms with E-state index in [2.05, 4.69) is 11.1 Å². The van der Waals surface area contributed by atoms with Gasteiger partial charge in [-0.3, -0.25) is 14.6 Å². The summed E-state index contributed by atoms with van der Waals surface area (Å²) in [5.74, 6) is -0.401. The number of phosphoric acid groups is 1. The summed E-state index contributed by atoms with van der Waals surface area (Å²) in [6.07, 6.45) is 1.11. The van der Waals surface area contributed by atoms with Crippen LogP contribution >= 0.6 is 7.82 Å². The van der Waals surface area contributed by atoms with Crippen LogP contribution in [0.5, 0.6) is 5.75 Å². The number of ketones is 1. The first-order valence-corrected chi connectivity index (χ1v) is 5.47. The predicted octanol–water partition coefficient (Wildman–Crippen LogP) is 1.53. The largest absolute Gasteiger partial charge is 0.524 e. The molecule has 0 bridgehead atoms. The highest BCUT2D eigenvalue weighted by molar-refractivity contribution is 7.46. The minimum atomic E-state index is -4.58. The minimum absolute atomic E-state index is 0.0592. The maximum atomic E-state index is 11.2. The summed E-state index contributed by atoms with van der Waals surface area (Å²) in [6.45, 7) is 3.30. The van der Waals surface area contributed by atoms with Crippen molar-refractivity contribution < 1.29 is 23.7 Å². The number of carbonyl (C=O) groups is 1. The van der Waals surface area contributed by atoms with E-state index >= 15 is 0 Å². The zero-order chi connectivity index (χ0) is 11.5. The maximum Gasteiger partial charge on any atom is 0.524 e. The average molecular weight is 228 g/mol. The van der Waals surface area contributed by atoms with Gasteiger partial charge in [0.1, 0.15) is 5.75 Å². The third-order valence-electron chi connectivity index (χ3n) is 1.53. The summed E-state index contributed by atoms with van der Waals surface area (Å²) in [7, 11) is -4.58. The monoisotopic (exact) mass is 228 g/mol. The molecule has 80 valence electrons. The smallest absolute Gasteiger partial charge is 0.404 e. The average Bonchev–Trinajstić information content (AvgIpc) is 2.14. The number of carbonyl (C=O) groups excluding carboxylic acids is 1. The number of hydrogen-bond donors (Lipinski definition) is 2. The van der Waals surface area contributed by atoms with Crippen LogP contribution in [0.15, 0.2) is 36.9 Å². The molecule has 1 aromatic carbocycles. The molecule has 0 unspecified atom stereocenters. The lowest BCUT2D eigenvalue weighted by Gasteiger charge is -2.06. The van der Waals surface area contributed by atoms with Crippen LogP contribution in [-0.4, -0.2) is 15.6 Å². The van der Waals surface area contributed by atoms with E-state index < -0.39 is 7.82 Å². The first-order chi connectivity index (χ1) is 6.92. The molecule has 0 heterocycles. The Kier molecular flexibility index (Phi) is 3.42. The lowest BCUT2D eigenvalue weighted by Crippen LogP contribution is -1.95. The van der Waals surface area contributed by atoms with Crippen molar-refractivity contribution in [3.05, 3.63) is 42.5 Å². The second-order valence-electron chi connectivity index (χ2n) is 2.68. The van der Waals surface area contributed by atoms with Gasteiger partial charge in [-0.25, -0.2) is 4.57 Å². The standard InChI is InChI=1S/C9H9O5P/c1-2-9(10)7-4-3-5-8(6-7)14-15(11,12)13/h2-6H,1H2,(H2,11,12,13). The number of hydrogen-bond acceptors (Lipinski definition) is 3. The van der Waals surface area contributed by atoms with Gasteiger partial charge in [0, 0.05) is 5.56 Å². The second-order valence-corrected chi connectivity index (χ2v) is 3.84. The van der Waals surface area contributed by atoms with Crippen molar-refractivity contribution in [2.45, 2.75) is 0 Å². The molecule has 15 heavy (non-hydrogen) atoms.